The van der Waals surface area contributed by atoms with Crippen LogP contribution in [0.3, 0.4) is 0 Å². The fourth-order valence-electron chi connectivity index (χ4n) is 1.51. The van der Waals surface area contributed by atoms with Gasteiger partial charge in [0.15, 0.2) is 5.82 Å². The van der Waals surface area contributed by atoms with E-state index >= 15 is 0 Å². The Labute approximate surface area is 105 Å². The predicted molar refractivity (Wildman–Crippen MR) is 74.9 cm³/mol. The molecular weight excluding hydrogens is 230 g/mol. The first-order valence-electron chi connectivity index (χ1n) is 5.32. The predicted octanol–water partition coefficient (Wildman–Crippen LogP) is 3.44. The van der Waals surface area contributed by atoms with Crippen LogP contribution in [0.25, 0.3) is 0 Å². The molecule has 1 aromatic heterocycles. The monoisotopic (exact) mass is 245 g/mol. The maximum absolute atomic E-state index is 5.90. The molecule has 0 amide bonds. The average Bonchev–Trinajstić information content (AvgIpc) is 2.34. The van der Waals surface area contributed by atoms with Gasteiger partial charge in [0.1, 0.15) is 0 Å². The number of rotatable bonds is 3. The third-order valence-corrected chi connectivity index (χ3v) is 3.15. The van der Waals surface area contributed by atoms with Gasteiger partial charge in [-0.2, -0.15) is 0 Å². The molecule has 3 N–H and O–H groups in total. The summed E-state index contributed by atoms with van der Waals surface area (Å²) in [6.45, 7) is 1.97. The maximum atomic E-state index is 5.90. The number of thioether (sulfide) groups is 1. The van der Waals surface area contributed by atoms with Crippen molar-refractivity contribution in [1.82, 2.24) is 4.98 Å². The van der Waals surface area contributed by atoms with E-state index in [1.807, 2.05) is 25.1 Å². The van der Waals surface area contributed by atoms with Crippen molar-refractivity contribution in [3.8, 4) is 0 Å². The fraction of sp³-hybridized carbons (Fsp3) is 0.154. The minimum Gasteiger partial charge on any atom is -0.396 e. The highest BCUT2D eigenvalue weighted by molar-refractivity contribution is 7.98. The molecule has 0 radical (unpaired) electrons. The molecule has 0 saturated carbocycles. The molecule has 1 aromatic carbocycles. The van der Waals surface area contributed by atoms with Gasteiger partial charge in [-0.25, -0.2) is 4.98 Å². The number of nitrogens with zero attached hydrogens (tertiary/aromatic N) is 1. The Kier molecular flexibility index (Phi) is 3.54. The summed E-state index contributed by atoms with van der Waals surface area (Å²) in [5, 5.41) is 3.21. The average molecular weight is 245 g/mol. The molecule has 88 valence electrons. The lowest BCUT2D eigenvalue weighted by Gasteiger charge is -2.09. The first-order valence-corrected chi connectivity index (χ1v) is 6.54. The Morgan fingerprint density at radius 1 is 1.24 bits per heavy atom. The van der Waals surface area contributed by atoms with E-state index in [1.165, 1.54) is 4.90 Å². The Balaban J connectivity index is 2.19. The number of nitrogens with two attached hydrogens (primary N) is 1. The molecule has 1 heterocycles. The summed E-state index contributed by atoms with van der Waals surface area (Å²) in [5.74, 6) is 0.701. The number of hydrogen-bond acceptors (Lipinski definition) is 4. The van der Waals surface area contributed by atoms with Gasteiger partial charge in [0.2, 0.25) is 0 Å². The normalized spacial score (nSPS) is 10.2. The zero-order chi connectivity index (χ0) is 12.3. The van der Waals surface area contributed by atoms with E-state index in [1.54, 1.807) is 18.0 Å². The highest BCUT2D eigenvalue weighted by Crippen LogP contribution is 2.23. The van der Waals surface area contributed by atoms with Crippen molar-refractivity contribution in [3.63, 3.8) is 0 Å². The second-order valence-corrected chi connectivity index (χ2v) is 4.68. The molecule has 0 spiro atoms. The molecule has 0 aliphatic rings. The summed E-state index contributed by atoms with van der Waals surface area (Å²) >= 11 is 1.72. The summed E-state index contributed by atoms with van der Waals surface area (Å²) in [6.07, 6.45) is 3.86. The van der Waals surface area contributed by atoms with Crippen LogP contribution in [0, 0.1) is 6.92 Å². The van der Waals surface area contributed by atoms with Gasteiger partial charge in [0.05, 0.1) is 5.69 Å². The van der Waals surface area contributed by atoms with E-state index in [2.05, 4.69) is 28.7 Å². The maximum Gasteiger partial charge on any atom is 0.153 e. The number of hydrogen-bond donors (Lipinski definition) is 2. The summed E-state index contributed by atoms with van der Waals surface area (Å²) in [5.41, 5.74) is 8.61. The first-order chi connectivity index (χ1) is 8.19. The summed E-state index contributed by atoms with van der Waals surface area (Å²) < 4.78 is 0. The number of benzene rings is 1. The second kappa shape index (κ2) is 5.10. The number of anilines is 3. The molecule has 0 bridgehead atoms. The SMILES string of the molecule is CSc1ccc(Nc2ncc(C)cc2N)cc1. The summed E-state index contributed by atoms with van der Waals surface area (Å²) in [6, 6.07) is 10.1. The van der Waals surface area contributed by atoms with Crippen LogP contribution in [0.5, 0.6) is 0 Å². The molecular formula is C13H15N3S. The first kappa shape index (κ1) is 11.8. The van der Waals surface area contributed by atoms with Crippen molar-refractivity contribution in [2.24, 2.45) is 0 Å². The molecule has 2 rings (SSSR count). The van der Waals surface area contributed by atoms with Crippen molar-refractivity contribution in [1.29, 1.82) is 0 Å². The van der Waals surface area contributed by atoms with E-state index in [9.17, 15) is 0 Å². The molecule has 0 aliphatic heterocycles. The van der Waals surface area contributed by atoms with Gasteiger partial charge < -0.3 is 11.1 Å². The zero-order valence-corrected chi connectivity index (χ0v) is 10.7. The van der Waals surface area contributed by atoms with Crippen LogP contribution in [-0.2, 0) is 0 Å². The van der Waals surface area contributed by atoms with Crippen LogP contribution in [0.4, 0.5) is 17.2 Å². The van der Waals surface area contributed by atoms with Crippen LogP contribution in [0.2, 0.25) is 0 Å². The number of pyridine rings is 1. The molecule has 0 atom stereocenters. The van der Waals surface area contributed by atoms with Gasteiger partial charge >= 0.3 is 0 Å². The minimum absolute atomic E-state index is 0.666. The summed E-state index contributed by atoms with van der Waals surface area (Å²) in [7, 11) is 0. The highest BCUT2D eigenvalue weighted by atomic mass is 32.2. The number of aryl methyl sites for hydroxylation is 1. The highest BCUT2D eigenvalue weighted by Gasteiger charge is 2.01. The minimum atomic E-state index is 0.666. The molecule has 3 nitrogen and oxygen atoms in total. The Morgan fingerprint density at radius 2 is 1.94 bits per heavy atom. The number of aromatic nitrogens is 1. The molecule has 2 aromatic rings. The lowest BCUT2D eigenvalue weighted by Crippen LogP contribution is -1.99. The third-order valence-electron chi connectivity index (χ3n) is 2.41. The Hall–Kier alpha value is -1.68. The van der Waals surface area contributed by atoms with E-state index in [4.69, 9.17) is 5.73 Å². The molecule has 4 heteroatoms. The van der Waals surface area contributed by atoms with Crippen LogP contribution in [-0.4, -0.2) is 11.2 Å². The molecule has 0 aliphatic carbocycles. The van der Waals surface area contributed by atoms with Gasteiger partial charge in [-0.1, -0.05) is 0 Å². The summed E-state index contributed by atoms with van der Waals surface area (Å²) in [4.78, 5) is 5.51. The zero-order valence-electron chi connectivity index (χ0n) is 9.90. The van der Waals surface area contributed by atoms with Crippen molar-refractivity contribution in [3.05, 3.63) is 42.1 Å². The third kappa shape index (κ3) is 2.91. The Morgan fingerprint density at radius 3 is 2.53 bits per heavy atom. The van der Waals surface area contributed by atoms with Crippen molar-refractivity contribution < 1.29 is 0 Å². The van der Waals surface area contributed by atoms with E-state index in [0.29, 0.717) is 11.5 Å². The molecule has 0 fully saturated rings. The lowest BCUT2D eigenvalue weighted by molar-refractivity contribution is 1.26. The van der Waals surface area contributed by atoms with Gasteiger partial charge in [-0.3, -0.25) is 0 Å². The molecule has 17 heavy (non-hydrogen) atoms. The van der Waals surface area contributed by atoms with E-state index < -0.39 is 0 Å². The van der Waals surface area contributed by atoms with Crippen molar-refractivity contribution in [2.75, 3.05) is 17.3 Å². The fourth-order valence-corrected chi connectivity index (χ4v) is 1.92. The quantitative estimate of drug-likeness (QED) is 0.813. The van der Waals surface area contributed by atoms with Gasteiger partial charge in [-0.05, 0) is 49.1 Å². The van der Waals surface area contributed by atoms with Crippen LogP contribution >= 0.6 is 11.8 Å². The lowest BCUT2D eigenvalue weighted by atomic mass is 10.2. The standard InChI is InChI=1S/C13H15N3S/c1-9-7-12(14)13(15-8-9)16-10-3-5-11(17-2)6-4-10/h3-8H,14H2,1-2H3,(H,15,16). The van der Waals surface area contributed by atoms with Crippen molar-refractivity contribution >= 4 is 29.0 Å². The molecule has 0 saturated heterocycles. The Bertz CT molecular complexity index is 509. The largest absolute Gasteiger partial charge is 0.396 e. The smallest absolute Gasteiger partial charge is 0.153 e. The number of nitrogens with one attached hydrogen (secondary N) is 1. The second-order valence-electron chi connectivity index (χ2n) is 3.80. The molecule has 0 unspecified atom stereocenters. The van der Waals surface area contributed by atoms with E-state index in [-0.39, 0.29) is 0 Å². The topological polar surface area (TPSA) is 50.9 Å². The van der Waals surface area contributed by atoms with E-state index in [0.717, 1.165) is 11.3 Å². The van der Waals surface area contributed by atoms with Crippen LogP contribution in [0.1, 0.15) is 5.56 Å². The van der Waals surface area contributed by atoms with Gasteiger partial charge in [0.25, 0.3) is 0 Å². The van der Waals surface area contributed by atoms with Gasteiger partial charge in [-0.15, -0.1) is 11.8 Å². The van der Waals surface area contributed by atoms with Gasteiger partial charge in [0, 0.05) is 16.8 Å². The van der Waals surface area contributed by atoms with Crippen molar-refractivity contribution in [2.45, 2.75) is 11.8 Å². The van der Waals surface area contributed by atoms with Crippen LogP contribution in [0.15, 0.2) is 41.4 Å². The van der Waals surface area contributed by atoms with Crippen LogP contribution < -0.4 is 11.1 Å². The number of nitrogen functional groups attached to an aromatic ring is 1.